The van der Waals surface area contributed by atoms with E-state index in [4.69, 9.17) is 9.47 Å². The van der Waals surface area contributed by atoms with Crippen LogP contribution in [0.5, 0.6) is 0 Å². The minimum absolute atomic E-state index is 0.0878. The quantitative estimate of drug-likeness (QED) is 0.488. The molecule has 1 aromatic carbocycles. The third-order valence-corrected chi connectivity index (χ3v) is 3.77. The number of nitro groups is 1. The zero-order valence-corrected chi connectivity index (χ0v) is 13.5. The van der Waals surface area contributed by atoms with Crippen molar-refractivity contribution >= 4 is 17.6 Å². The second-order valence-electron chi connectivity index (χ2n) is 5.22. The molecule has 0 amide bonds. The first-order chi connectivity index (χ1) is 12.1. The predicted molar refractivity (Wildman–Crippen MR) is 85.8 cm³/mol. The van der Waals surface area contributed by atoms with Gasteiger partial charge in [0.05, 0.1) is 29.9 Å². The van der Waals surface area contributed by atoms with Crippen LogP contribution in [0.2, 0.25) is 0 Å². The number of hydrogen-bond donors (Lipinski definition) is 1. The van der Waals surface area contributed by atoms with Crippen LogP contribution in [0.4, 0.5) is 11.6 Å². The second kappa shape index (κ2) is 6.69. The molecule has 0 spiro atoms. The molecule has 0 saturated carbocycles. The highest BCUT2D eigenvalue weighted by atomic mass is 16.6. The van der Waals surface area contributed by atoms with E-state index in [0.717, 1.165) is 0 Å². The van der Waals surface area contributed by atoms with E-state index in [2.05, 4.69) is 15.4 Å². The molecule has 25 heavy (non-hydrogen) atoms. The van der Waals surface area contributed by atoms with E-state index in [-0.39, 0.29) is 17.9 Å². The Morgan fingerprint density at radius 2 is 2.24 bits per heavy atom. The Balaban J connectivity index is 2.21. The van der Waals surface area contributed by atoms with Crippen molar-refractivity contribution in [1.29, 1.82) is 0 Å². The molecule has 10 heteroatoms. The molecule has 2 aromatic rings. The Labute approximate surface area is 142 Å². The van der Waals surface area contributed by atoms with Gasteiger partial charge in [0, 0.05) is 19.2 Å². The third-order valence-electron chi connectivity index (χ3n) is 3.77. The van der Waals surface area contributed by atoms with Crippen LogP contribution in [0.3, 0.4) is 0 Å². The lowest BCUT2D eigenvalue weighted by atomic mass is 9.95. The number of anilines is 1. The van der Waals surface area contributed by atoms with Crippen molar-refractivity contribution in [3.63, 3.8) is 0 Å². The summed E-state index contributed by atoms with van der Waals surface area (Å²) in [4.78, 5) is 27.1. The maximum Gasteiger partial charge on any atom is 0.338 e. The Kier molecular flexibility index (Phi) is 4.44. The number of aromatic nitrogens is 3. The summed E-state index contributed by atoms with van der Waals surface area (Å²) in [6, 6.07) is 5.29. The molecule has 0 saturated heterocycles. The van der Waals surface area contributed by atoms with Gasteiger partial charge in [0.2, 0.25) is 5.95 Å². The largest absolute Gasteiger partial charge is 0.466 e. The highest BCUT2D eigenvalue weighted by molar-refractivity contribution is 5.92. The maximum atomic E-state index is 12.4. The standard InChI is InChI=1S/C15H15N5O5/c1-24-7-11-12(14(21)25-2)13(19-15(18-11)16-8-17-19)9-4-3-5-10(6-9)20(22)23/h3-6,8,13H,7H2,1-2H3,(H,16,17,18)/t13-/m0/s1. The lowest BCUT2D eigenvalue weighted by molar-refractivity contribution is -0.384. The summed E-state index contributed by atoms with van der Waals surface area (Å²) in [5.41, 5.74) is 1.14. The molecule has 1 aliphatic heterocycles. The van der Waals surface area contributed by atoms with Gasteiger partial charge >= 0.3 is 5.97 Å². The molecule has 0 fully saturated rings. The molecule has 0 unspecified atom stereocenters. The Hall–Kier alpha value is -3.27. The van der Waals surface area contributed by atoms with E-state index < -0.39 is 16.9 Å². The van der Waals surface area contributed by atoms with Crippen LogP contribution in [0.25, 0.3) is 0 Å². The molecule has 1 aromatic heterocycles. The molecule has 2 heterocycles. The molecular weight excluding hydrogens is 330 g/mol. The summed E-state index contributed by atoms with van der Waals surface area (Å²) in [7, 11) is 2.76. The molecular formula is C15H15N5O5. The SMILES string of the molecule is COCC1=C(C(=O)OC)[C@H](c2cccc([N+](=O)[O-])c2)n2ncnc2N1. The first kappa shape index (κ1) is 16.6. The Bertz CT molecular complexity index is 860. The molecule has 1 aliphatic rings. The number of carbonyl (C=O) groups excluding carboxylic acids is 1. The maximum absolute atomic E-state index is 12.4. The Morgan fingerprint density at radius 3 is 2.92 bits per heavy atom. The van der Waals surface area contributed by atoms with Gasteiger partial charge in [-0.2, -0.15) is 10.1 Å². The summed E-state index contributed by atoms with van der Waals surface area (Å²) in [6.45, 7) is 0.114. The van der Waals surface area contributed by atoms with Crippen molar-refractivity contribution in [2.45, 2.75) is 6.04 Å². The molecule has 0 bridgehead atoms. The number of hydrogen-bond acceptors (Lipinski definition) is 8. The number of carbonyl (C=O) groups is 1. The monoisotopic (exact) mass is 345 g/mol. The average Bonchev–Trinajstić information content (AvgIpc) is 3.08. The van der Waals surface area contributed by atoms with E-state index >= 15 is 0 Å². The van der Waals surface area contributed by atoms with Crippen LogP contribution in [0.15, 0.2) is 41.9 Å². The van der Waals surface area contributed by atoms with Gasteiger partial charge in [0.15, 0.2) is 0 Å². The topological polar surface area (TPSA) is 121 Å². The lowest BCUT2D eigenvalue weighted by Gasteiger charge is -2.28. The van der Waals surface area contributed by atoms with E-state index in [1.54, 1.807) is 12.1 Å². The van der Waals surface area contributed by atoms with Gasteiger partial charge in [0.1, 0.15) is 12.4 Å². The Morgan fingerprint density at radius 1 is 1.44 bits per heavy atom. The summed E-state index contributed by atoms with van der Waals surface area (Å²) < 4.78 is 11.5. The van der Waals surface area contributed by atoms with Gasteiger partial charge < -0.3 is 14.8 Å². The number of benzene rings is 1. The van der Waals surface area contributed by atoms with Crippen LogP contribution in [-0.4, -0.2) is 46.5 Å². The van der Waals surface area contributed by atoms with Crippen molar-refractivity contribution in [2.24, 2.45) is 0 Å². The van der Waals surface area contributed by atoms with Gasteiger partial charge in [0.25, 0.3) is 5.69 Å². The fraction of sp³-hybridized carbons (Fsp3) is 0.267. The van der Waals surface area contributed by atoms with Crippen LogP contribution in [-0.2, 0) is 14.3 Å². The fourth-order valence-corrected chi connectivity index (χ4v) is 2.74. The summed E-state index contributed by atoms with van der Waals surface area (Å²) in [5.74, 6) is -0.187. The van der Waals surface area contributed by atoms with Gasteiger partial charge in [-0.3, -0.25) is 10.1 Å². The summed E-state index contributed by atoms with van der Waals surface area (Å²) >= 11 is 0. The van der Waals surface area contributed by atoms with Gasteiger partial charge in [-0.15, -0.1) is 0 Å². The third kappa shape index (κ3) is 2.94. The van der Waals surface area contributed by atoms with E-state index in [1.165, 1.54) is 37.4 Å². The van der Waals surface area contributed by atoms with Crippen LogP contribution < -0.4 is 5.32 Å². The number of nitrogens with one attached hydrogen (secondary N) is 1. The number of fused-ring (bicyclic) bond motifs is 1. The van der Waals surface area contributed by atoms with Gasteiger partial charge in [-0.25, -0.2) is 9.48 Å². The van der Waals surface area contributed by atoms with Gasteiger partial charge in [-0.05, 0) is 5.56 Å². The molecule has 0 radical (unpaired) electrons. The second-order valence-corrected chi connectivity index (χ2v) is 5.22. The van der Waals surface area contributed by atoms with Crippen molar-refractivity contribution in [1.82, 2.24) is 14.8 Å². The molecule has 1 N–H and O–H groups in total. The summed E-state index contributed by atoms with van der Waals surface area (Å²) in [6.07, 6.45) is 1.33. The lowest BCUT2D eigenvalue weighted by Crippen LogP contribution is -2.31. The molecule has 3 rings (SSSR count). The van der Waals surface area contributed by atoms with E-state index in [1.807, 2.05) is 0 Å². The van der Waals surface area contributed by atoms with Crippen LogP contribution >= 0.6 is 0 Å². The van der Waals surface area contributed by atoms with E-state index in [0.29, 0.717) is 17.2 Å². The zero-order valence-electron chi connectivity index (χ0n) is 13.5. The first-order valence-electron chi connectivity index (χ1n) is 7.28. The minimum Gasteiger partial charge on any atom is -0.466 e. The van der Waals surface area contributed by atoms with Crippen LogP contribution in [0, 0.1) is 10.1 Å². The average molecular weight is 345 g/mol. The van der Waals surface area contributed by atoms with Crippen molar-refractivity contribution in [2.75, 3.05) is 26.1 Å². The van der Waals surface area contributed by atoms with Crippen LogP contribution in [0.1, 0.15) is 11.6 Å². The minimum atomic E-state index is -0.726. The molecule has 0 aliphatic carbocycles. The molecule has 130 valence electrons. The zero-order chi connectivity index (χ0) is 18.0. The number of rotatable bonds is 5. The van der Waals surface area contributed by atoms with Crippen molar-refractivity contribution in [3.8, 4) is 0 Å². The number of nitrogens with zero attached hydrogens (tertiary/aromatic N) is 4. The number of nitro benzene ring substituents is 1. The molecule has 1 atom stereocenters. The van der Waals surface area contributed by atoms with Crippen molar-refractivity contribution in [3.05, 3.63) is 57.5 Å². The predicted octanol–water partition coefficient (Wildman–Crippen LogP) is 1.27. The first-order valence-corrected chi connectivity index (χ1v) is 7.28. The highest BCUT2D eigenvalue weighted by Crippen LogP contribution is 2.36. The highest BCUT2D eigenvalue weighted by Gasteiger charge is 2.35. The molecule has 10 nitrogen and oxygen atoms in total. The smallest absolute Gasteiger partial charge is 0.338 e. The van der Waals surface area contributed by atoms with Crippen molar-refractivity contribution < 1.29 is 19.2 Å². The number of non-ortho nitro benzene ring substituents is 1. The number of methoxy groups -OCH3 is 2. The fourth-order valence-electron chi connectivity index (χ4n) is 2.74. The summed E-state index contributed by atoms with van der Waals surface area (Å²) in [5, 5.41) is 18.2. The number of esters is 1. The number of ether oxygens (including phenoxy) is 2. The van der Waals surface area contributed by atoms with Gasteiger partial charge in [-0.1, -0.05) is 12.1 Å². The normalized spacial score (nSPS) is 16.2. The van der Waals surface area contributed by atoms with E-state index in [9.17, 15) is 14.9 Å².